The van der Waals surface area contributed by atoms with Crippen LogP contribution >= 0.6 is 0 Å². The van der Waals surface area contributed by atoms with Crippen LogP contribution in [0.1, 0.15) is 36.2 Å². The lowest BCUT2D eigenvalue weighted by Gasteiger charge is -2.22. The van der Waals surface area contributed by atoms with Gasteiger partial charge < -0.3 is 4.90 Å². The third kappa shape index (κ3) is 2.67. The molecule has 0 N–H and O–H groups in total. The number of pyridine rings is 1. The first-order valence-corrected chi connectivity index (χ1v) is 8.44. The first kappa shape index (κ1) is 14.9. The topological polar surface area (TPSA) is 33.2 Å². The molecule has 120 valence electrons. The molecular weight excluding hydrogens is 296 g/mol. The van der Waals surface area contributed by atoms with Gasteiger partial charge in [-0.15, -0.1) is 0 Å². The largest absolute Gasteiger partial charge is 0.332 e. The Morgan fingerprint density at radius 1 is 1.08 bits per heavy atom. The van der Waals surface area contributed by atoms with Crippen LogP contribution in [-0.4, -0.2) is 15.8 Å². The van der Waals surface area contributed by atoms with E-state index in [1.54, 1.807) is 0 Å². The Morgan fingerprint density at radius 2 is 1.88 bits per heavy atom. The summed E-state index contributed by atoms with van der Waals surface area (Å²) in [4.78, 5) is 19.3. The third-order valence-electron chi connectivity index (χ3n) is 4.88. The van der Waals surface area contributed by atoms with E-state index in [1.807, 2.05) is 41.3 Å². The lowest BCUT2D eigenvalue weighted by Crippen LogP contribution is -2.28. The Morgan fingerprint density at radius 3 is 2.75 bits per heavy atom. The Kier molecular flexibility index (Phi) is 3.77. The number of benzene rings is 2. The zero-order chi connectivity index (χ0) is 16.5. The molecule has 1 aliphatic heterocycles. The minimum absolute atomic E-state index is 0.165. The van der Waals surface area contributed by atoms with E-state index < -0.39 is 0 Å². The van der Waals surface area contributed by atoms with Crippen LogP contribution in [0.5, 0.6) is 0 Å². The van der Waals surface area contributed by atoms with E-state index in [9.17, 15) is 4.79 Å². The van der Waals surface area contributed by atoms with Gasteiger partial charge in [0.1, 0.15) is 0 Å². The Hall–Kier alpha value is -2.68. The van der Waals surface area contributed by atoms with Crippen LogP contribution in [0.3, 0.4) is 0 Å². The first-order chi connectivity index (χ1) is 11.7. The highest BCUT2D eigenvalue weighted by molar-refractivity contribution is 5.79. The molecule has 2 aromatic carbocycles. The van der Waals surface area contributed by atoms with Gasteiger partial charge in [-0.2, -0.15) is 0 Å². The molecule has 24 heavy (non-hydrogen) atoms. The van der Waals surface area contributed by atoms with Crippen molar-refractivity contribution in [2.45, 2.75) is 32.4 Å². The second-order valence-corrected chi connectivity index (χ2v) is 6.39. The van der Waals surface area contributed by atoms with Gasteiger partial charge in [0.2, 0.25) is 5.91 Å². The molecule has 0 fully saturated rings. The number of rotatable bonds is 3. The van der Waals surface area contributed by atoms with Crippen LogP contribution in [0.15, 0.2) is 60.7 Å². The number of para-hydroxylation sites is 1. The molecule has 3 nitrogen and oxygen atoms in total. The summed E-state index contributed by atoms with van der Waals surface area (Å²) in [7, 11) is 0. The van der Waals surface area contributed by atoms with Crippen LogP contribution in [0.4, 0.5) is 0 Å². The second-order valence-electron chi connectivity index (χ2n) is 6.39. The van der Waals surface area contributed by atoms with Gasteiger partial charge in [-0.25, -0.2) is 0 Å². The average Bonchev–Trinajstić information content (AvgIpc) is 2.97. The van der Waals surface area contributed by atoms with E-state index >= 15 is 0 Å². The van der Waals surface area contributed by atoms with Gasteiger partial charge in [-0.1, -0.05) is 48.5 Å². The second kappa shape index (κ2) is 6.08. The highest BCUT2D eigenvalue weighted by Gasteiger charge is 2.29. The monoisotopic (exact) mass is 316 g/mol. The van der Waals surface area contributed by atoms with Crippen molar-refractivity contribution in [1.82, 2.24) is 9.88 Å². The Balaban J connectivity index is 1.45. The van der Waals surface area contributed by atoms with Gasteiger partial charge in [0, 0.05) is 24.0 Å². The summed E-state index contributed by atoms with van der Waals surface area (Å²) >= 11 is 0. The summed E-state index contributed by atoms with van der Waals surface area (Å²) in [5, 5.41) is 1.14. The van der Waals surface area contributed by atoms with Crippen LogP contribution in [0.2, 0.25) is 0 Å². The summed E-state index contributed by atoms with van der Waals surface area (Å²) in [6.07, 6.45) is 1.19. The van der Waals surface area contributed by atoms with E-state index in [4.69, 9.17) is 0 Å². The molecule has 0 saturated carbocycles. The predicted molar refractivity (Wildman–Crippen MR) is 95.5 cm³/mol. The fourth-order valence-corrected chi connectivity index (χ4v) is 3.50. The molecule has 0 saturated heterocycles. The van der Waals surface area contributed by atoms with E-state index in [0.29, 0.717) is 12.8 Å². The highest BCUT2D eigenvalue weighted by Crippen LogP contribution is 2.33. The predicted octanol–water partition coefficient (Wildman–Crippen LogP) is 4.27. The van der Waals surface area contributed by atoms with Crippen molar-refractivity contribution >= 4 is 16.8 Å². The summed E-state index contributed by atoms with van der Waals surface area (Å²) in [6.45, 7) is 2.83. The minimum Gasteiger partial charge on any atom is -0.332 e. The highest BCUT2D eigenvalue weighted by atomic mass is 16.2. The molecule has 4 rings (SSSR count). The molecule has 1 atom stereocenters. The third-order valence-corrected chi connectivity index (χ3v) is 4.88. The molecule has 0 spiro atoms. The van der Waals surface area contributed by atoms with Crippen molar-refractivity contribution < 1.29 is 4.79 Å². The van der Waals surface area contributed by atoms with E-state index in [0.717, 1.165) is 23.1 Å². The number of nitrogens with zero attached hydrogens (tertiary/aromatic N) is 2. The number of aromatic nitrogens is 1. The average molecular weight is 316 g/mol. The van der Waals surface area contributed by atoms with Crippen LogP contribution in [0.25, 0.3) is 10.9 Å². The fraction of sp³-hybridized carbons (Fsp3) is 0.238. The maximum atomic E-state index is 12.7. The summed E-state index contributed by atoms with van der Waals surface area (Å²) < 4.78 is 0. The number of amides is 1. The number of carbonyl (C=O) groups excluding carboxylic acids is 1. The number of fused-ring (bicyclic) bond motifs is 2. The molecule has 1 aliphatic rings. The maximum absolute atomic E-state index is 12.7. The number of carbonyl (C=O) groups is 1. The maximum Gasteiger partial charge on any atom is 0.223 e. The molecule has 1 unspecified atom stereocenters. The minimum atomic E-state index is 0.165. The molecule has 3 aromatic rings. The summed E-state index contributed by atoms with van der Waals surface area (Å²) in [5.41, 5.74) is 4.51. The van der Waals surface area contributed by atoms with Gasteiger partial charge >= 0.3 is 0 Å². The molecule has 0 bridgehead atoms. The van der Waals surface area contributed by atoms with E-state index in [2.05, 4.69) is 36.2 Å². The van der Waals surface area contributed by atoms with Crippen molar-refractivity contribution in [2.24, 2.45) is 0 Å². The summed E-state index contributed by atoms with van der Waals surface area (Å²) in [5.74, 6) is 0.202. The van der Waals surface area contributed by atoms with Gasteiger partial charge in [-0.05, 0) is 36.6 Å². The first-order valence-electron chi connectivity index (χ1n) is 8.44. The normalized spacial score (nSPS) is 16.4. The quantitative estimate of drug-likeness (QED) is 0.723. The Bertz CT molecular complexity index is 903. The lowest BCUT2D eigenvalue weighted by atomic mass is 10.1. The van der Waals surface area contributed by atoms with Crippen LogP contribution in [-0.2, 0) is 17.8 Å². The lowest BCUT2D eigenvalue weighted by molar-refractivity contribution is -0.133. The molecule has 0 aliphatic carbocycles. The molecular formula is C21H20N2O. The van der Waals surface area contributed by atoms with E-state index in [-0.39, 0.29) is 11.9 Å². The smallest absolute Gasteiger partial charge is 0.223 e. The summed E-state index contributed by atoms with van der Waals surface area (Å²) in [6, 6.07) is 20.7. The van der Waals surface area contributed by atoms with Gasteiger partial charge in [0.25, 0.3) is 0 Å². The molecule has 1 aromatic heterocycles. The van der Waals surface area contributed by atoms with Gasteiger partial charge in [0.15, 0.2) is 0 Å². The van der Waals surface area contributed by atoms with Gasteiger partial charge in [-0.3, -0.25) is 9.78 Å². The number of hydrogen-bond donors (Lipinski definition) is 0. The zero-order valence-electron chi connectivity index (χ0n) is 13.8. The van der Waals surface area contributed by atoms with Crippen molar-refractivity contribution in [3.63, 3.8) is 0 Å². The number of aryl methyl sites for hydroxylation is 1. The SMILES string of the molecule is CC1c2ccccc2CN1C(=O)CCc1ccc2ccccc2n1. The molecule has 0 radical (unpaired) electrons. The van der Waals surface area contributed by atoms with Crippen molar-refractivity contribution in [2.75, 3.05) is 0 Å². The standard InChI is InChI=1S/C21H20N2O/c1-15-19-8-4-2-7-17(19)14-23(15)21(24)13-12-18-11-10-16-6-3-5-9-20(16)22-18/h2-11,15H,12-14H2,1H3. The molecule has 3 heteroatoms. The fourth-order valence-electron chi connectivity index (χ4n) is 3.50. The van der Waals surface area contributed by atoms with Crippen molar-refractivity contribution in [1.29, 1.82) is 0 Å². The zero-order valence-corrected chi connectivity index (χ0v) is 13.8. The number of hydrogen-bond acceptors (Lipinski definition) is 2. The van der Waals surface area contributed by atoms with E-state index in [1.165, 1.54) is 11.1 Å². The van der Waals surface area contributed by atoms with Crippen LogP contribution < -0.4 is 0 Å². The van der Waals surface area contributed by atoms with Crippen molar-refractivity contribution in [3.8, 4) is 0 Å². The molecule has 1 amide bonds. The van der Waals surface area contributed by atoms with Crippen LogP contribution in [0, 0.1) is 0 Å². The Labute approximate surface area is 141 Å². The van der Waals surface area contributed by atoms with Gasteiger partial charge in [0.05, 0.1) is 11.6 Å². The molecule has 2 heterocycles. The van der Waals surface area contributed by atoms with Crippen molar-refractivity contribution in [3.05, 3.63) is 77.5 Å².